The van der Waals surface area contributed by atoms with E-state index >= 15 is 0 Å². The minimum Gasteiger partial charge on any atom is -0.506 e. The molecule has 0 spiro atoms. The van der Waals surface area contributed by atoms with Gasteiger partial charge < -0.3 is 10.4 Å². The lowest BCUT2D eigenvalue weighted by Gasteiger charge is -2.05. The van der Waals surface area contributed by atoms with Gasteiger partial charge in [-0.2, -0.15) is 5.10 Å². The van der Waals surface area contributed by atoms with Gasteiger partial charge in [-0.05, 0) is 12.1 Å². The summed E-state index contributed by atoms with van der Waals surface area (Å²) in [7, 11) is 1.67. The highest BCUT2D eigenvalue weighted by Gasteiger charge is 2.15. The molecule has 0 bridgehead atoms. The van der Waals surface area contributed by atoms with Crippen LogP contribution < -0.4 is 5.32 Å². The van der Waals surface area contributed by atoms with E-state index in [2.05, 4.69) is 10.4 Å². The molecule has 0 saturated carbocycles. The summed E-state index contributed by atoms with van der Waals surface area (Å²) in [5.41, 5.74) is 0.441. The first-order valence-electron chi connectivity index (χ1n) is 4.86. The highest BCUT2D eigenvalue weighted by molar-refractivity contribution is 6.34. The van der Waals surface area contributed by atoms with E-state index in [1.54, 1.807) is 25.2 Å². The van der Waals surface area contributed by atoms with Crippen LogP contribution >= 0.6 is 11.6 Å². The van der Waals surface area contributed by atoms with Gasteiger partial charge in [-0.25, -0.2) is 0 Å². The molecule has 0 unspecified atom stereocenters. The highest BCUT2D eigenvalue weighted by atomic mass is 35.5. The molecule has 2 N–H and O–H groups in total. The molecule has 88 valence electrons. The Kier molecular flexibility index (Phi) is 3.01. The predicted octanol–water partition coefficient (Wildman–Crippen LogP) is 2.03. The summed E-state index contributed by atoms with van der Waals surface area (Å²) in [5.74, 6) is -0.468. The van der Waals surface area contributed by atoms with Crippen molar-refractivity contribution in [2.24, 2.45) is 7.05 Å². The molecule has 1 amide bonds. The minimum absolute atomic E-state index is 0.00657. The molecule has 0 saturated heterocycles. The predicted molar refractivity (Wildman–Crippen MR) is 64.3 cm³/mol. The lowest BCUT2D eigenvalue weighted by Crippen LogP contribution is -2.13. The van der Waals surface area contributed by atoms with Crippen LogP contribution in [0.1, 0.15) is 10.5 Å². The second-order valence-corrected chi connectivity index (χ2v) is 3.88. The van der Waals surface area contributed by atoms with Crippen molar-refractivity contribution in [3.63, 3.8) is 0 Å². The number of nitrogens with zero attached hydrogens (tertiary/aromatic N) is 2. The lowest BCUT2D eigenvalue weighted by atomic mass is 10.3. The number of aromatic nitrogens is 2. The Balaban J connectivity index is 2.23. The summed E-state index contributed by atoms with van der Waals surface area (Å²) in [5, 5.41) is 16.2. The van der Waals surface area contributed by atoms with Crippen LogP contribution in [0.25, 0.3) is 0 Å². The first kappa shape index (κ1) is 11.5. The Morgan fingerprint density at radius 1 is 1.47 bits per heavy atom. The van der Waals surface area contributed by atoms with E-state index < -0.39 is 5.91 Å². The van der Waals surface area contributed by atoms with Crippen LogP contribution in [0, 0.1) is 0 Å². The van der Waals surface area contributed by atoms with E-state index in [0.29, 0.717) is 5.69 Å². The number of nitrogens with one attached hydrogen (secondary N) is 1. The van der Waals surface area contributed by atoms with Crippen molar-refractivity contribution in [1.82, 2.24) is 9.78 Å². The van der Waals surface area contributed by atoms with Gasteiger partial charge in [0.25, 0.3) is 5.91 Å². The largest absolute Gasteiger partial charge is 0.506 e. The van der Waals surface area contributed by atoms with Crippen molar-refractivity contribution in [3.8, 4) is 5.75 Å². The van der Waals surface area contributed by atoms with Gasteiger partial charge in [0, 0.05) is 13.2 Å². The first-order valence-corrected chi connectivity index (χ1v) is 5.24. The van der Waals surface area contributed by atoms with E-state index in [1.165, 1.54) is 16.9 Å². The van der Waals surface area contributed by atoms with Crippen LogP contribution in [0.15, 0.2) is 30.5 Å². The maximum atomic E-state index is 11.8. The number of amides is 1. The second-order valence-electron chi connectivity index (χ2n) is 3.47. The number of anilines is 1. The molecule has 1 heterocycles. The molecule has 0 aliphatic carbocycles. The molecular weight excluding hydrogens is 242 g/mol. The first-order chi connectivity index (χ1) is 8.08. The van der Waals surface area contributed by atoms with Gasteiger partial charge in [-0.1, -0.05) is 23.7 Å². The van der Waals surface area contributed by atoms with Crippen LogP contribution in [0.3, 0.4) is 0 Å². The van der Waals surface area contributed by atoms with Gasteiger partial charge in [-0.15, -0.1) is 0 Å². The van der Waals surface area contributed by atoms with Gasteiger partial charge >= 0.3 is 0 Å². The average Bonchev–Trinajstić information content (AvgIpc) is 2.61. The van der Waals surface area contributed by atoms with Crippen molar-refractivity contribution in [3.05, 3.63) is 41.2 Å². The third-order valence-electron chi connectivity index (χ3n) is 2.15. The number of carbonyl (C=O) groups is 1. The Morgan fingerprint density at radius 3 is 2.76 bits per heavy atom. The second kappa shape index (κ2) is 4.47. The number of carbonyl (C=O) groups excluding carboxylic acids is 1. The smallest absolute Gasteiger partial charge is 0.277 e. The summed E-state index contributed by atoms with van der Waals surface area (Å²) < 4.78 is 1.45. The van der Waals surface area contributed by atoms with Crippen LogP contribution in [0.2, 0.25) is 5.02 Å². The number of para-hydroxylation sites is 2. The number of rotatable bonds is 2. The van der Waals surface area contributed by atoms with Gasteiger partial charge in [0.1, 0.15) is 5.75 Å². The lowest BCUT2D eigenvalue weighted by molar-refractivity contribution is 0.102. The molecular formula is C11H10ClN3O2. The number of benzene rings is 1. The van der Waals surface area contributed by atoms with E-state index in [0.717, 1.165) is 0 Å². The number of hydrogen-bond acceptors (Lipinski definition) is 3. The van der Waals surface area contributed by atoms with Crippen LogP contribution in [-0.4, -0.2) is 20.8 Å². The molecule has 2 rings (SSSR count). The van der Waals surface area contributed by atoms with E-state index in [-0.39, 0.29) is 16.5 Å². The van der Waals surface area contributed by atoms with E-state index in [1.807, 2.05) is 0 Å². The number of phenolic OH excluding ortho intramolecular Hbond substituents is 1. The van der Waals surface area contributed by atoms with Crippen LogP contribution in [-0.2, 0) is 7.05 Å². The topological polar surface area (TPSA) is 67.2 Å². The van der Waals surface area contributed by atoms with Gasteiger partial charge in [0.2, 0.25) is 0 Å². The zero-order valence-electron chi connectivity index (χ0n) is 9.01. The molecule has 0 radical (unpaired) electrons. The maximum absolute atomic E-state index is 11.8. The minimum atomic E-state index is -0.461. The fourth-order valence-corrected chi connectivity index (χ4v) is 1.64. The SMILES string of the molecule is Cn1cc(Cl)c(C(=O)Nc2ccccc2O)n1. The zero-order chi connectivity index (χ0) is 12.4. The zero-order valence-corrected chi connectivity index (χ0v) is 9.77. The van der Waals surface area contributed by atoms with Gasteiger partial charge in [0.05, 0.1) is 10.7 Å². The van der Waals surface area contributed by atoms with Crippen molar-refractivity contribution < 1.29 is 9.90 Å². The summed E-state index contributed by atoms with van der Waals surface area (Å²) in [6.45, 7) is 0. The number of aromatic hydroxyl groups is 1. The van der Waals surface area contributed by atoms with Crippen molar-refractivity contribution >= 4 is 23.2 Å². The standard InChI is InChI=1S/C11H10ClN3O2/c1-15-6-7(12)10(14-15)11(17)13-8-4-2-3-5-9(8)16/h2-6,16H,1H3,(H,13,17). The van der Waals surface area contributed by atoms with Crippen molar-refractivity contribution in [1.29, 1.82) is 0 Å². The van der Waals surface area contributed by atoms with Crippen LogP contribution in [0.4, 0.5) is 5.69 Å². The molecule has 5 nitrogen and oxygen atoms in total. The quantitative estimate of drug-likeness (QED) is 0.803. The molecule has 0 aliphatic heterocycles. The fraction of sp³-hybridized carbons (Fsp3) is 0.0909. The molecule has 2 aromatic rings. The molecule has 0 fully saturated rings. The summed E-state index contributed by atoms with van der Waals surface area (Å²) in [4.78, 5) is 11.8. The number of halogens is 1. The third-order valence-corrected chi connectivity index (χ3v) is 2.43. The Hall–Kier alpha value is -2.01. The summed E-state index contributed by atoms with van der Waals surface area (Å²) in [6, 6.07) is 6.44. The van der Waals surface area contributed by atoms with E-state index in [9.17, 15) is 9.90 Å². The third kappa shape index (κ3) is 2.39. The molecule has 6 heteroatoms. The molecule has 1 aromatic heterocycles. The molecule has 0 aliphatic rings. The van der Waals surface area contributed by atoms with Crippen molar-refractivity contribution in [2.45, 2.75) is 0 Å². The maximum Gasteiger partial charge on any atom is 0.277 e. The summed E-state index contributed by atoms with van der Waals surface area (Å²) in [6.07, 6.45) is 1.53. The number of phenols is 1. The van der Waals surface area contributed by atoms with Crippen molar-refractivity contribution in [2.75, 3.05) is 5.32 Å². The molecule has 17 heavy (non-hydrogen) atoms. The Bertz CT molecular complexity index is 566. The number of hydrogen-bond donors (Lipinski definition) is 2. The molecule has 1 aromatic carbocycles. The number of aryl methyl sites for hydroxylation is 1. The highest BCUT2D eigenvalue weighted by Crippen LogP contribution is 2.23. The van der Waals surface area contributed by atoms with Gasteiger partial charge in [0.15, 0.2) is 5.69 Å². The fourth-order valence-electron chi connectivity index (χ4n) is 1.37. The van der Waals surface area contributed by atoms with E-state index in [4.69, 9.17) is 11.6 Å². The molecule has 0 atom stereocenters. The Labute approximate surface area is 103 Å². The normalized spacial score (nSPS) is 10.2. The van der Waals surface area contributed by atoms with Gasteiger partial charge in [-0.3, -0.25) is 9.48 Å². The summed E-state index contributed by atoms with van der Waals surface area (Å²) >= 11 is 5.84. The van der Waals surface area contributed by atoms with Crippen LogP contribution in [0.5, 0.6) is 5.75 Å². The Morgan fingerprint density at radius 2 is 2.18 bits per heavy atom. The average molecular weight is 252 g/mol. The monoisotopic (exact) mass is 251 g/mol.